The summed E-state index contributed by atoms with van der Waals surface area (Å²) in [5.41, 5.74) is 12.8. The van der Waals surface area contributed by atoms with Crippen LogP contribution in [0.1, 0.15) is 51.0 Å². The number of methoxy groups -OCH3 is 1. The van der Waals surface area contributed by atoms with Gasteiger partial charge in [-0.2, -0.15) is 0 Å². The quantitative estimate of drug-likeness (QED) is 0.394. The molecule has 9 nitrogen and oxygen atoms in total. The molecular weight excluding hydrogens is 434 g/mol. The molecule has 2 fully saturated rings. The van der Waals surface area contributed by atoms with Gasteiger partial charge in [0.1, 0.15) is 17.8 Å². The lowest BCUT2D eigenvalue weighted by Crippen LogP contribution is -2.58. The van der Waals surface area contributed by atoms with E-state index in [1.165, 1.54) is 0 Å². The van der Waals surface area contributed by atoms with Gasteiger partial charge in [0.2, 0.25) is 17.7 Å². The molecule has 1 aromatic rings. The SMILES string of the molecule is CC[C@H](N)C(=O)NC1C(=O)N2C(CC[C@@H]1CCN)CC[C@H]2C(=O)NCCc1ccc(OC)cc1. The standard InChI is InChI=1S/C25H39N5O4/c1-3-20(27)23(31)29-22-17(12-14-26)6-7-18-8-11-21(30(18)25(22)33)24(32)28-15-13-16-4-9-19(34-2)10-5-16/h4-5,9-10,17-18,20-22H,3,6-8,11-15,26-27H2,1-2H3,(H,28,32)(H,29,31)/t17-,18?,20+,21+,22?/m1/s1. The van der Waals surface area contributed by atoms with Gasteiger partial charge in [-0.15, -0.1) is 0 Å². The second kappa shape index (κ2) is 12.2. The Morgan fingerprint density at radius 2 is 1.88 bits per heavy atom. The Kier molecular flexibility index (Phi) is 9.29. The average molecular weight is 474 g/mol. The van der Waals surface area contributed by atoms with Crippen LogP contribution in [0.15, 0.2) is 24.3 Å². The lowest BCUT2D eigenvalue weighted by molar-refractivity contribution is -0.143. The van der Waals surface area contributed by atoms with Crippen molar-refractivity contribution in [3.63, 3.8) is 0 Å². The molecule has 2 heterocycles. The summed E-state index contributed by atoms with van der Waals surface area (Å²) in [6.45, 7) is 2.75. The third-order valence-electron chi connectivity index (χ3n) is 7.15. The zero-order chi connectivity index (χ0) is 24.7. The van der Waals surface area contributed by atoms with E-state index in [9.17, 15) is 14.4 Å². The zero-order valence-electron chi connectivity index (χ0n) is 20.3. The molecule has 0 saturated carbocycles. The van der Waals surface area contributed by atoms with Gasteiger partial charge in [0.25, 0.3) is 0 Å². The molecule has 2 saturated heterocycles. The van der Waals surface area contributed by atoms with Crippen LogP contribution in [0, 0.1) is 5.92 Å². The molecule has 6 N–H and O–H groups in total. The summed E-state index contributed by atoms with van der Waals surface area (Å²) < 4.78 is 5.18. The summed E-state index contributed by atoms with van der Waals surface area (Å²) >= 11 is 0. The Hall–Kier alpha value is -2.65. The second-order valence-electron chi connectivity index (χ2n) is 9.30. The molecule has 3 rings (SSSR count). The maximum atomic E-state index is 13.7. The van der Waals surface area contributed by atoms with Crippen LogP contribution in [0.4, 0.5) is 0 Å². The number of hydrogen-bond donors (Lipinski definition) is 4. The molecule has 1 aromatic carbocycles. The van der Waals surface area contributed by atoms with E-state index >= 15 is 0 Å². The molecule has 34 heavy (non-hydrogen) atoms. The van der Waals surface area contributed by atoms with E-state index in [0.717, 1.165) is 30.6 Å². The molecule has 0 aromatic heterocycles. The Balaban J connectivity index is 1.67. The molecule has 188 valence electrons. The summed E-state index contributed by atoms with van der Waals surface area (Å²) in [4.78, 5) is 41.0. The van der Waals surface area contributed by atoms with Gasteiger partial charge in [-0.25, -0.2) is 0 Å². The van der Waals surface area contributed by atoms with Crippen LogP contribution in [-0.2, 0) is 20.8 Å². The van der Waals surface area contributed by atoms with Crippen molar-refractivity contribution in [2.24, 2.45) is 17.4 Å². The fourth-order valence-corrected chi connectivity index (χ4v) is 5.08. The van der Waals surface area contributed by atoms with Crippen LogP contribution >= 0.6 is 0 Å². The van der Waals surface area contributed by atoms with Crippen molar-refractivity contribution in [2.75, 3.05) is 20.2 Å². The van der Waals surface area contributed by atoms with E-state index < -0.39 is 18.1 Å². The summed E-state index contributed by atoms with van der Waals surface area (Å²) in [7, 11) is 1.63. The van der Waals surface area contributed by atoms with Gasteiger partial charge >= 0.3 is 0 Å². The summed E-state index contributed by atoms with van der Waals surface area (Å²) in [5, 5.41) is 5.89. The number of nitrogens with one attached hydrogen (secondary N) is 2. The van der Waals surface area contributed by atoms with E-state index in [0.29, 0.717) is 38.8 Å². The number of ether oxygens (including phenoxy) is 1. The van der Waals surface area contributed by atoms with Crippen molar-refractivity contribution in [3.8, 4) is 5.75 Å². The van der Waals surface area contributed by atoms with E-state index in [4.69, 9.17) is 16.2 Å². The van der Waals surface area contributed by atoms with Crippen LogP contribution in [0.3, 0.4) is 0 Å². The molecule has 0 spiro atoms. The van der Waals surface area contributed by atoms with E-state index in [1.807, 2.05) is 31.2 Å². The highest BCUT2D eigenvalue weighted by molar-refractivity contribution is 5.94. The predicted octanol–water partition coefficient (Wildman–Crippen LogP) is 0.694. The van der Waals surface area contributed by atoms with Gasteiger partial charge in [0, 0.05) is 12.6 Å². The van der Waals surface area contributed by atoms with Gasteiger partial charge in [-0.1, -0.05) is 19.1 Å². The van der Waals surface area contributed by atoms with Gasteiger partial charge in [0.05, 0.1) is 13.2 Å². The molecule has 3 amide bonds. The topological polar surface area (TPSA) is 140 Å². The van der Waals surface area contributed by atoms with Gasteiger partial charge < -0.3 is 31.7 Å². The van der Waals surface area contributed by atoms with Crippen LogP contribution in [0.5, 0.6) is 5.75 Å². The van der Waals surface area contributed by atoms with E-state index in [2.05, 4.69) is 10.6 Å². The number of benzene rings is 1. The maximum absolute atomic E-state index is 13.7. The van der Waals surface area contributed by atoms with E-state index in [-0.39, 0.29) is 29.7 Å². The molecule has 0 radical (unpaired) electrons. The number of fused-ring (bicyclic) bond motifs is 1. The first-order valence-corrected chi connectivity index (χ1v) is 12.4. The first-order chi connectivity index (χ1) is 16.4. The predicted molar refractivity (Wildman–Crippen MR) is 130 cm³/mol. The van der Waals surface area contributed by atoms with Crippen LogP contribution in [0.25, 0.3) is 0 Å². The number of rotatable bonds is 10. The highest BCUT2D eigenvalue weighted by Gasteiger charge is 2.47. The third-order valence-corrected chi connectivity index (χ3v) is 7.15. The molecule has 9 heteroatoms. The molecule has 5 atom stereocenters. The van der Waals surface area contributed by atoms with Crippen molar-refractivity contribution in [1.82, 2.24) is 15.5 Å². The highest BCUT2D eigenvalue weighted by atomic mass is 16.5. The minimum atomic E-state index is -0.702. The van der Waals surface area contributed by atoms with Gasteiger partial charge in [-0.3, -0.25) is 14.4 Å². The lowest BCUT2D eigenvalue weighted by atomic mass is 9.90. The molecule has 0 bridgehead atoms. The Morgan fingerprint density at radius 1 is 1.18 bits per heavy atom. The number of nitrogens with zero attached hydrogens (tertiary/aromatic N) is 1. The van der Waals surface area contributed by atoms with E-state index in [1.54, 1.807) is 12.0 Å². The normalized spacial score (nSPS) is 25.3. The molecule has 2 unspecified atom stereocenters. The van der Waals surface area contributed by atoms with Crippen LogP contribution in [-0.4, -0.2) is 67.0 Å². The lowest BCUT2D eigenvalue weighted by Gasteiger charge is -2.32. The van der Waals surface area contributed by atoms with Crippen molar-refractivity contribution < 1.29 is 19.1 Å². The fourth-order valence-electron chi connectivity index (χ4n) is 5.08. The molecule has 2 aliphatic rings. The third kappa shape index (κ3) is 6.07. The van der Waals surface area contributed by atoms with Gasteiger partial charge in [0.15, 0.2) is 0 Å². The molecular formula is C25H39N5O4. The van der Waals surface area contributed by atoms with Crippen LogP contribution < -0.4 is 26.8 Å². The van der Waals surface area contributed by atoms with Gasteiger partial charge in [-0.05, 0) is 75.1 Å². The first kappa shape index (κ1) is 26.0. The second-order valence-corrected chi connectivity index (χ2v) is 9.30. The number of amides is 3. The Morgan fingerprint density at radius 3 is 2.53 bits per heavy atom. The molecule has 2 aliphatic heterocycles. The van der Waals surface area contributed by atoms with Crippen molar-refractivity contribution in [2.45, 2.75) is 76.0 Å². The fraction of sp³-hybridized carbons (Fsp3) is 0.640. The van der Waals surface area contributed by atoms with Crippen molar-refractivity contribution >= 4 is 17.7 Å². The van der Waals surface area contributed by atoms with Crippen molar-refractivity contribution in [1.29, 1.82) is 0 Å². The molecule has 0 aliphatic carbocycles. The summed E-state index contributed by atoms with van der Waals surface area (Å²) in [5.74, 6) is 0.0669. The minimum Gasteiger partial charge on any atom is -0.497 e. The first-order valence-electron chi connectivity index (χ1n) is 12.4. The average Bonchev–Trinajstić information content (AvgIpc) is 3.23. The van der Waals surface area contributed by atoms with Crippen molar-refractivity contribution in [3.05, 3.63) is 29.8 Å². The monoisotopic (exact) mass is 473 g/mol. The highest BCUT2D eigenvalue weighted by Crippen LogP contribution is 2.35. The number of carbonyl (C=O) groups excluding carboxylic acids is 3. The maximum Gasteiger partial charge on any atom is 0.246 e. The van der Waals surface area contributed by atoms with Crippen LogP contribution in [0.2, 0.25) is 0 Å². The number of carbonyl (C=O) groups is 3. The Bertz CT molecular complexity index is 846. The summed E-state index contributed by atoms with van der Waals surface area (Å²) in [6.07, 6.45) is 4.80. The number of nitrogens with two attached hydrogens (primary N) is 2. The summed E-state index contributed by atoms with van der Waals surface area (Å²) in [6, 6.07) is 5.85. The minimum absolute atomic E-state index is 0.00635. The number of hydrogen-bond acceptors (Lipinski definition) is 6. The smallest absolute Gasteiger partial charge is 0.246 e. The Labute approximate surface area is 201 Å². The zero-order valence-corrected chi connectivity index (χ0v) is 20.3. The largest absolute Gasteiger partial charge is 0.497 e.